The van der Waals surface area contributed by atoms with Crippen LogP contribution in [0.3, 0.4) is 0 Å². The number of nitrogens with two attached hydrogens (primary N) is 1. The highest BCUT2D eigenvalue weighted by molar-refractivity contribution is 7.15. The number of nitrogens with zero attached hydrogens (tertiary/aromatic N) is 9. The number of hydrogen-bond acceptors (Lipinski definition) is 15. The maximum atomic E-state index is 13.4. The summed E-state index contributed by atoms with van der Waals surface area (Å²) in [5.41, 5.74) is 22.8. The molecule has 0 spiro atoms. The molecule has 23 heteroatoms. The normalized spacial score (nSPS) is 15.0. The zero-order chi connectivity index (χ0) is 62.5. The maximum Gasteiger partial charge on any atom is 0.269 e. The predicted octanol–water partition coefficient (Wildman–Crippen LogP) is 10.8. The van der Waals surface area contributed by atoms with Crippen molar-refractivity contribution < 1.29 is 29.0 Å². The van der Waals surface area contributed by atoms with Gasteiger partial charge >= 0.3 is 0 Å². The van der Waals surface area contributed by atoms with Gasteiger partial charge in [0.1, 0.15) is 16.9 Å². The van der Waals surface area contributed by atoms with Crippen molar-refractivity contribution in [2.75, 3.05) is 11.1 Å². The predicted molar refractivity (Wildman–Crippen MR) is 337 cm³/mol. The minimum atomic E-state index is -0.543. The number of benzene rings is 6. The first-order valence-electron chi connectivity index (χ1n) is 28.6. The lowest BCUT2D eigenvalue weighted by Crippen LogP contribution is -2.21. The zero-order valence-corrected chi connectivity index (χ0v) is 51.1. The fourth-order valence-corrected chi connectivity index (χ4v) is 12.5. The minimum Gasteiger partial charge on any atom is -0.399 e. The summed E-state index contributed by atoms with van der Waals surface area (Å²) in [6.07, 6.45) is 0.0961. The number of anilines is 2. The Labute approximate surface area is 517 Å². The van der Waals surface area contributed by atoms with Crippen LogP contribution >= 0.6 is 22.9 Å². The van der Waals surface area contributed by atoms with E-state index in [1.807, 2.05) is 83.1 Å². The van der Waals surface area contributed by atoms with Gasteiger partial charge in [0, 0.05) is 143 Å². The fourth-order valence-electron chi connectivity index (χ4n) is 11.2. The Hall–Kier alpha value is -9.48. The maximum absolute atomic E-state index is 13.4. The second-order valence-electron chi connectivity index (χ2n) is 22.2. The summed E-state index contributed by atoms with van der Waals surface area (Å²) in [5, 5.41) is 40.9. The molecule has 0 unspecified atom stereocenters. The molecule has 0 bridgehead atoms. The highest BCUT2D eigenvalue weighted by Crippen LogP contribution is 2.40. The minimum absolute atomic E-state index is 0.00569. The largest absolute Gasteiger partial charge is 0.399 e. The Morgan fingerprint density at radius 2 is 1.09 bits per heavy atom. The first-order chi connectivity index (χ1) is 42.2. The van der Waals surface area contributed by atoms with Crippen molar-refractivity contribution in [1.82, 2.24) is 40.1 Å². The summed E-state index contributed by atoms with van der Waals surface area (Å²) in [6, 6.07) is 37.0. The Kier molecular flexibility index (Phi) is 18.7. The van der Waals surface area contributed by atoms with E-state index < -0.39 is 11.0 Å². The monoisotopic (exact) mass is 1220 g/mol. The number of aromatic nitrogens is 3. The zero-order valence-electron chi connectivity index (χ0n) is 49.6. The van der Waals surface area contributed by atoms with E-state index in [2.05, 4.69) is 64.3 Å². The second kappa shape index (κ2) is 26.6. The van der Waals surface area contributed by atoms with Crippen molar-refractivity contribution in [3.05, 3.63) is 235 Å². The van der Waals surface area contributed by atoms with E-state index in [1.54, 1.807) is 53.2 Å². The van der Waals surface area contributed by atoms with Crippen LogP contribution in [0.5, 0.6) is 0 Å². The lowest BCUT2D eigenvalue weighted by molar-refractivity contribution is -0.385. The number of thiophene rings is 1. The third-order valence-electron chi connectivity index (χ3n) is 16.1. The van der Waals surface area contributed by atoms with Gasteiger partial charge in [0.15, 0.2) is 5.82 Å². The Morgan fingerprint density at radius 1 is 0.614 bits per heavy atom. The fraction of sp³-hybridized carbons (Fsp3) is 0.277. The number of nitrogens with one attached hydrogen (secondary N) is 3. The molecule has 0 fully saturated rings. The number of fused-ring (bicyclic) bond motifs is 8. The molecular formula is C65H66ClN13O8S. The number of carbonyl (C=O) groups excluding carboxylic acids is 4. The van der Waals surface area contributed by atoms with Crippen molar-refractivity contribution in [3.63, 3.8) is 0 Å². The SMILES string of the molecule is CC(=O)N1Cc2ccc(N)cc2C1.CC(=O)N1Cc2ccc(NC(=O)C[C@@H]3N=C(c4ccc(Cl)cc4)c4c(sc(C)c4C)-n4c(C)nnc43)cc2C1.CC(=O)N1Cc2ccc([N+](=O)[O-])cc2C1.O=[N+]([O-])c1ccc2c(c1)CNC2.c1ccc2c(c1)CNC2. The Balaban J connectivity index is 0.000000141. The lowest BCUT2D eigenvalue weighted by atomic mass is 9.99. The van der Waals surface area contributed by atoms with Gasteiger partial charge in [-0.15, -0.1) is 21.5 Å². The highest BCUT2D eigenvalue weighted by Gasteiger charge is 2.33. The summed E-state index contributed by atoms with van der Waals surface area (Å²) in [6.45, 7) is 18.1. The number of aliphatic imine (C=N–C) groups is 1. The molecule has 0 radical (unpaired) electrons. The van der Waals surface area contributed by atoms with Gasteiger partial charge in [-0.25, -0.2) is 0 Å². The van der Waals surface area contributed by atoms with E-state index in [1.165, 1.54) is 51.8 Å². The van der Waals surface area contributed by atoms with Crippen LogP contribution in [0.2, 0.25) is 5.02 Å². The van der Waals surface area contributed by atoms with Crippen LogP contribution in [0.15, 0.2) is 126 Å². The lowest BCUT2D eigenvalue weighted by Gasteiger charge is -2.13. The van der Waals surface area contributed by atoms with Gasteiger partial charge in [-0.3, -0.25) is 49.0 Å². The van der Waals surface area contributed by atoms with Crippen molar-refractivity contribution in [2.45, 2.75) is 119 Å². The number of aryl methyl sites for hydroxylation is 2. The van der Waals surface area contributed by atoms with Gasteiger partial charge in [-0.2, -0.15) is 0 Å². The van der Waals surface area contributed by atoms with E-state index in [0.717, 1.165) is 99.5 Å². The number of rotatable bonds is 6. The molecular weight excluding hydrogens is 1160 g/mol. The van der Waals surface area contributed by atoms with Crippen molar-refractivity contribution >= 4 is 75.0 Å². The molecule has 1 atom stereocenters. The molecule has 6 aromatic carbocycles. The van der Waals surface area contributed by atoms with Crippen LogP contribution in [-0.4, -0.2) is 68.7 Å². The number of amides is 4. The van der Waals surface area contributed by atoms with E-state index in [0.29, 0.717) is 49.3 Å². The topological polar surface area (TPSA) is 269 Å². The first-order valence-corrected chi connectivity index (χ1v) is 29.8. The Morgan fingerprint density at radius 3 is 1.65 bits per heavy atom. The smallest absolute Gasteiger partial charge is 0.269 e. The molecule has 452 valence electrons. The van der Waals surface area contributed by atoms with Crippen molar-refractivity contribution in [1.29, 1.82) is 0 Å². The quantitative estimate of drug-likeness (QED) is 0.0686. The van der Waals surface area contributed by atoms with E-state index in [9.17, 15) is 39.4 Å². The average molecular weight is 1220 g/mol. The third kappa shape index (κ3) is 14.0. The molecule has 6 aliphatic rings. The van der Waals surface area contributed by atoms with Crippen LogP contribution in [0.4, 0.5) is 22.7 Å². The highest BCUT2D eigenvalue weighted by atomic mass is 35.5. The standard InChI is InChI=1S/C29H27ClN6O2S.C10H10N2O3.C10H12N2O.C8H8N2O2.C8H9N/c1-15-16(2)39-29-26(15)27(19-5-8-22(30)9-6-19)32-24(28-34-33-17(3)36(28)29)12-25(38)31-23-10-7-20-13-35(18(4)37)14-21(20)11-23;1-7(13)11-5-8-2-3-10(12(14)15)4-9(8)6-11;1-7(13)12-5-8-2-3-10(11)4-9(8)6-12;11-10(12)8-2-1-6-4-9-5-7(6)3-8;1-2-4-8-6-9-5-7(8)3-1/h5-11,24H,12-14H2,1-4H3,(H,31,38);2-4H,5-6H2,1H3;2-4H,5-6,11H2,1H3;1-3,9H,4-5H2;1-4,9H,5-6H2/t24-;;;;/m0..../s1. The molecule has 88 heavy (non-hydrogen) atoms. The molecule has 0 saturated carbocycles. The average Bonchev–Trinajstić information content (AvgIpc) is 3.13. The van der Waals surface area contributed by atoms with Crippen LogP contribution < -0.4 is 21.7 Å². The summed E-state index contributed by atoms with van der Waals surface area (Å²) < 4.78 is 2.04. The molecule has 14 rings (SSSR count). The second-order valence-corrected chi connectivity index (χ2v) is 23.8. The number of carbonyl (C=O) groups is 4. The van der Waals surface area contributed by atoms with E-state index >= 15 is 0 Å². The molecule has 2 aromatic heterocycles. The summed E-state index contributed by atoms with van der Waals surface area (Å²) >= 11 is 7.87. The number of nitrogen functional groups attached to an aromatic ring is 1. The molecule has 0 saturated heterocycles. The summed E-state index contributed by atoms with van der Waals surface area (Å²) in [5.74, 6) is 1.37. The molecule has 5 N–H and O–H groups in total. The van der Waals surface area contributed by atoms with Crippen LogP contribution in [0.1, 0.15) is 122 Å². The van der Waals surface area contributed by atoms with Crippen LogP contribution in [0.25, 0.3) is 5.00 Å². The van der Waals surface area contributed by atoms with Crippen LogP contribution in [-0.2, 0) is 84.6 Å². The van der Waals surface area contributed by atoms with E-state index in [4.69, 9.17) is 22.3 Å². The number of nitro groups is 2. The molecule has 0 aliphatic carbocycles. The molecule has 6 aliphatic heterocycles. The van der Waals surface area contributed by atoms with Crippen LogP contribution in [0, 0.1) is 41.0 Å². The number of halogens is 1. The van der Waals surface area contributed by atoms with E-state index in [-0.39, 0.29) is 46.3 Å². The first kappa shape index (κ1) is 61.6. The van der Waals surface area contributed by atoms with Gasteiger partial charge in [-0.1, -0.05) is 72.3 Å². The molecule has 21 nitrogen and oxygen atoms in total. The van der Waals surface area contributed by atoms with Crippen molar-refractivity contribution in [3.8, 4) is 5.00 Å². The van der Waals surface area contributed by atoms with Gasteiger partial charge in [0.05, 0.1) is 22.0 Å². The van der Waals surface area contributed by atoms with Gasteiger partial charge in [0.25, 0.3) is 11.4 Å². The van der Waals surface area contributed by atoms with Gasteiger partial charge < -0.3 is 36.4 Å². The van der Waals surface area contributed by atoms with Crippen molar-refractivity contribution in [2.24, 2.45) is 4.99 Å². The Bertz CT molecular complexity index is 4060. The van der Waals surface area contributed by atoms with Gasteiger partial charge in [0.2, 0.25) is 23.6 Å². The molecule has 8 heterocycles. The third-order valence-corrected chi connectivity index (χ3v) is 17.6. The number of hydrogen-bond donors (Lipinski definition) is 4. The molecule has 8 aromatic rings. The number of nitro benzene ring substituents is 2. The van der Waals surface area contributed by atoms with Gasteiger partial charge in [-0.05, 0) is 118 Å². The summed E-state index contributed by atoms with van der Waals surface area (Å²) in [4.78, 5) is 79.2. The molecule has 4 amide bonds. The number of non-ortho nitro benzene ring substituents is 2. The summed E-state index contributed by atoms with van der Waals surface area (Å²) in [7, 11) is 0.